The Balaban J connectivity index is 0.000000221. The molecule has 2 N–H and O–H groups in total. The minimum Gasteiger partial charge on any atom is -0.432 e. The lowest BCUT2D eigenvalue weighted by atomic mass is 10.2. The van der Waals surface area contributed by atoms with Crippen LogP contribution in [0.1, 0.15) is 44.1 Å². The highest BCUT2D eigenvalue weighted by atomic mass is 32.1. The van der Waals surface area contributed by atoms with Gasteiger partial charge in [-0.2, -0.15) is 11.3 Å². The van der Waals surface area contributed by atoms with Crippen LogP contribution in [0.4, 0.5) is 11.1 Å². The molecule has 7 nitrogen and oxygen atoms in total. The van der Waals surface area contributed by atoms with E-state index in [1.807, 2.05) is 23.0 Å². The van der Waals surface area contributed by atoms with Crippen LogP contribution in [0, 0.1) is 5.92 Å². The van der Waals surface area contributed by atoms with Crippen molar-refractivity contribution < 1.29 is 14.0 Å². The van der Waals surface area contributed by atoms with Crippen molar-refractivity contribution in [3.8, 4) is 0 Å². The Kier molecular flexibility index (Phi) is 8.34. The maximum Gasteiger partial charge on any atom is 0.301 e. The molecule has 9 heteroatoms. The van der Waals surface area contributed by atoms with E-state index in [1.165, 1.54) is 17.3 Å². The second-order valence-corrected chi connectivity index (χ2v) is 8.40. The molecule has 0 aliphatic carbocycles. The van der Waals surface area contributed by atoms with Gasteiger partial charge >= 0.3 is 6.01 Å². The number of thiazole rings is 1. The minimum absolute atomic E-state index is 0.00643. The summed E-state index contributed by atoms with van der Waals surface area (Å²) in [5.74, 6) is 0.303. The summed E-state index contributed by atoms with van der Waals surface area (Å²) in [7, 11) is 0. The van der Waals surface area contributed by atoms with E-state index in [0.29, 0.717) is 17.5 Å². The number of hydrogen-bond donors (Lipinski definition) is 2. The van der Waals surface area contributed by atoms with Crippen LogP contribution >= 0.6 is 22.7 Å². The number of carbonyl (C=O) groups excluding carboxylic acids is 2. The van der Waals surface area contributed by atoms with Crippen molar-refractivity contribution in [2.75, 3.05) is 10.6 Å². The van der Waals surface area contributed by atoms with E-state index in [2.05, 4.69) is 34.4 Å². The molecule has 28 heavy (non-hydrogen) atoms. The van der Waals surface area contributed by atoms with Crippen LogP contribution in [-0.4, -0.2) is 21.8 Å². The molecule has 3 aromatic rings. The van der Waals surface area contributed by atoms with Crippen LogP contribution in [0.25, 0.3) is 0 Å². The molecule has 2 amide bonds. The number of nitrogens with one attached hydrogen (secondary N) is 2. The zero-order valence-electron chi connectivity index (χ0n) is 16.3. The number of oxazole rings is 1. The fraction of sp³-hybridized carbons (Fsp3) is 0.368. The van der Waals surface area contributed by atoms with Crippen LogP contribution in [0.5, 0.6) is 0 Å². The van der Waals surface area contributed by atoms with E-state index in [1.54, 1.807) is 36.5 Å². The van der Waals surface area contributed by atoms with Crippen molar-refractivity contribution >= 4 is 45.6 Å². The summed E-state index contributed by atoms with van der Waals surface area (Å²) in [6, 6.07) is 2.22. The molecule has 0 spiro atoms. The van der Waals surface area contributed by atoms with Crippen LogP contribution in [0.15, 0.2) is 39.9 Å². The van der Waals surface area contributed by atoms with Gasteiger partial charge in [-0.25, -0.2) is 9.97 Å². The fourth-order valence-corrected chi connectivity index (χ4v) is 3.39. The Morgan fingerprint density at radius 3 is 2.50 bits per heavy atom. The van der Waals surface area contributed by atoms with Gasteiger partial charge in [0.25, 0.3) is 0 Å². The fourth-order valence-electron chi connectivity index (χ4n) is 1.89. The van der Waals surface area contributed by atoms with Gasteiger partial charge in [0.15, 0.2) is 5.13 Å². The van der Waals surface area contributed by atoms with Gasteiger partial charge in [-0.3, -0.25) is 14.9 Å². The van der Waals surface area contributed by atoms with Gasteiger partial charge in [0.2, 0.25) is 11.8 Å². The molecule has 0 atom stereocenters. The van der Waals surface area contributed by atoms with Crippen molar-refractivity contribution in [2.24, 2.45) is 5.92 Å². The summed E-state index contributed by atoms with van der Waals surface area (Å²) >= 11 is 3.14. The van der Waals surface area contributed by atoms with E-state index in [4.69, 9.17) is 4.42 Å². The van der Waals surface area contributed by atoms with Crippen molar-refractivity contribution in [3.05, 3.63) is 45.9 Å². The Labute approximate surface area is 172 Å². The standard InChI is InChI=1S/C12H14N2OS2.C7H10N2O2/c1-8(2)10-6-13-12(17-10)14-11(15)5-9-3-4-16-7-9;1-5(2)6(10)9-7-8-3-4-11-7/h3-4,6-8H,5H2,1-2H3,(H,13,14,15);3-5H,1-2H3,(H,8,9,10). The van der Waals surface area contributed by atoms with Gasteiger partial charge < -0.3 is 9.73 Å². The molecule has 150 valence electrons. The zero-order valence-corrected chi connectivity index (χ0v) is 17.9. The van der Waals surface area contributed by atoms with E-state index >= 15 is 0 Å². The van der Waals surface area contributed by atoms with Crippen molar-refractivity contribution in [2.45, 2.75) is 40.0 Å². The Bertz CT molecular complexity index is 856. The third-order valence-electron chi connectivity index (χ3n) is 3.47. The second kappa shape index (κ2) is 10.7. The summed E-state index contributed by atoms with van der Waals surface area (Å²) in [4.78, 5) is 31.8. The molecule has 0 fully saturated rings. The number of anilines is 2. The first-order valence-corrected chi connectivity index (χ1v) is 10.6. The number of nitrogens with zero attached hydrogens (tertiary/aromatic N) is 2. The molecule has 0 aliphatic rings. The number of thiophene rings is 1. The molecule has 3 aromatic heterocycles. The number of hydrogen-bond acceptors (Lipinski definition) is 7. The molecule has 0 aliphatic heterocycles. The highest BCUT2D eigenvalue weighted by Crippen LogP contribution is 2.25. The van der Waals surface area contributed by atoms with Gasteiger partial charge in [-0.15, -0.1) is 11.3 Å². The molecule has 3 heterocycles. The molecule has 0 unspecified atom stereocenters. The second-order valence-electron chi connectivity index (χ2n) is 6.56. The molecular weight excluding hydrogens is 396 g/mol. The topological polar surface area (TPSA) is 97.1 Å². The van der Waals surface area contributed by atoms with Crippen molar-refractivity contribution in [1.29, 1.82) is 0 Å². The number of rotatable bonds is 6. The highest BCUT2D eigenvalue weighted by molar-refractivity contribution is 7.15. The predicted molar refractivity (Wildman–Crippen MR) is 113 cm³/mol. The maximum atomic E-state index is 11.7. The average Bonchev–Trinajstić information content (AvgIpc) is 3.37. The predicted octanol–water partition coefficient (Wildman–Crippen LogP) is 4.78. The quantitative estimate of drug-likeness (QED) is 0.598. The van der Waals surface area contributed by atoms with Crippen LogP contribution in [0.2, 0.25) is 0 Å². The van der Waals surface area contributed by atoms with E-state index in [0.717, 1.165) is 5.56 Å². The van der Waals surface area contributed by atoms with Gasteiger partial charge in [0.1, 0.15) is 6.26 Å². The summed E-state index contributed by atoms with van der Waals surface area (Å²) < 4.78 is 4.81. The number of aromatic nitrogens is 2. The van der Waals surface area contributed by atoms with E-state index < -0.39 is 0 Å². The summed E-state index contributed by atoms with van der Waals surface area (Å²) in [5.41, 5.74) is 1.05. The molecule has 0 saturated heterocycles. The van der Waals surface area contributed by atoms with E-state index in [-0.39, 0.29) is 23.7 Å². The molecule has 0 bridgehead atoms. The first-order valence-electron chi connectivity index (χ1n) is 8.82. The largest absolute Gasteiger partial charge is 0.432 e. The smallest absolute Gasteiger partial charge is 0.301 e. The molecule has 0 radical (unpaired) electrons. The van der Waals surface area contributed by atoms with E-state index in [9.17, 15) is 9.59 Å². The maximum absolute atomic E-state index is 11.7. The summed E-state index contributed by atoms with van der Waals surface area (Å²) in [6.07, 6.45) is 5.14. The molecular formula is C19H24N4O3S2. The molecule has 3 rings (SSSR count). The summed E-state index contributed by atoms with van der Waals surface area (Å²) in [5, 5.41) is 9.98. The van der Waals surface area contributed by atoms with Crippen molar-refractivity contribution in [1.82, 2.24) is 9.97 Å². The lowest BCUT2D eigenvalue weighted by molar-refractivity contribution is -0.119. The summed E-state index contributed by atoms with van der Waals surface area (Å²) in [6.45, 7) is 7.84. The normalized spacial score (nSPS) is 10.5. The Morgan fingerprint density at radius 2 is 1.96 bits per heavy atom. The lowest BCUT2D eigenvalue weighted by Crippen LogP contribution is -2.17. The van der Waals surface area contributed by atoms with Gasteiger partial charge in [-0.1, -0.05) is 27.7 Å². The number of carbonyl (C=O) groups is 2. The highest BCUT2D eigenvalue weighted by Gasteiger charge is 2.10. The van der Waals surface area contributed by atoms with Crippen LogP contribution in [-0.2, 0) is 16.0 Å². The van der Waals surface area contributed by atoms with Crippen molar-refractivity contribution in [3.63, 3.8) is 0 Å². The molecule has 0 saturated carbocycles. The van der Waals surface area contributed by atoms with Gasteiger partial charge in [0.05, 0.1) is 12.6 Å². The average molecular weight is 421 g/mol. The van der Waals surface area contributed by atoms with Crippen LogP contribution < -0.4 is 10.6 Å². The molecule has 0 aromatic carbocycles. The zero-order chi connectivity index (χ0) is 20.5. The number of amides is 2. The SMILES string of the molecule is CC(C)C(=O)Nc1ncco1.CC(C)c1cnc(NC(=O)Cc2ccsc2)s1. The minimum atomic E-state index is -0.0903. The first kappa shape index (κ1) is 21.8. The van der Waals surface area contributed by atoms with Crippen LogP contribution in [0.3, 0.4) is 0 Å². The third-order valence-corrected chi connectivity index (χ3v) is 5.42. The van der Waals surface area contributed by atoms with Gasteiger partial charge in [0, 0.05) is 17.0 Å². The monoisotopic (exact) mass is 420 g/mol. The third kappa shape index (κ3) is 7.24. The van der Waals surface area contributed by atoms with Gasteiger partial charge in [-0.05, 0) is 28.3 Å². The first-order chi connectivity index (χ1) is 13.3. The Hall–Kier alpha value is -2.52. The lowest BCUT2D eigenvalue weighted by Gasteiger charge is -2.01. The Morgan fingerprint density at radius 1 is 1.18 bits per heavy atom.